The van der Waals surface area contributed by atoms with Gasteiger partial charge >= 0.3 is 0 Å². The third-order valence-electron chi connectivity index (χ3n) is 4.51. The number of hydrogen-bond donors (Lipinski definition) is 1. The number of halogens is 1. The second kappa shape index (κ2) is 8.73. The molecule has 6 nitrogen and oxygen atoms in total. The average Bonchev–Trinajstić information content (AvgIpc) is 2.69. The van der Waals surface area contributed by atoms with Crippen LogP contribution in [0.2, 0.25) is 5.02 Å². The molecule has 0 aromatic heterocycles. The van der Waals surface area contributed by atoms with E-state index in [4.69, 9.17) is 11.6 Å². The van der Waals surface area contributed by atoms with Crippen LogP contribution in [0.1, 0.15) is 6.42 Å². The molecule has 1 N–H and O–H groups in total. The van der Waals surface area contributed by atoms with Crippen LogP contribution in [-0.2, 0) is 14.8 Å². The molecule has 0 radical (unpaired) electrons. The van der Waals surface area contributed by atoms with Gasteiger partial charge in [-0.05, 0) is 24.3 Å². The first kappa shape index (κ1) is 19.7. The van der Waals surface area contributed by atoms with E-state index in [-0.39, 0.29) is 23.8 Å². The average molecular weight is 408 g/mol. The van der Waals surface area contributed by atoms with Crippen molar-refractivity contribution in [1.29, 1.82) is 0 Å². The van der Waals surface area contributed by atoms with Gasteiger partial charge in [0.1, 0.15) is 0 Å². The van der Waals surface area contributed by atoms with Crippen LogP contribution < -0.4 is 9.62 Å². The van der Waals surface area contributed by atoms with Crippen LogP contribution in [0.3, 0.4) is 0 Å². The van der Waals surface area contributed by atoms with Crippen LogP contribution in [0, 0.1) is 0 Å². The van der Waals surface area contributed by atoms with Gasteiger partial charge < -0.3 is 9.80 Å². The number of carbonyl (C=O) groups is 1. The van der Waals surface area contributed by atoms with Crippen molar-refractivity contribution in [1.82, 2.24) is 9.62 Å². The molecule has 1 heterocycles. The molecular weight excluding hydrogens is 386 g/mol. The van der Waals surface area contributed by atoms with Crippen molar-refractivity contribution in [2.24, 2.45) is 0 Å². The van der Waals surface area contributed by atoms with Crippen LogP contribution in [0.25, 0.3) is 0 Å². The summed E-state index contributed by atoms with van der Waals surface area (Å²) < 4.78 is 26.8. The Hall–Kier alpha value is -2.09. The molecule has 3 rings (SSSR count). The van der Waals surface area contributed by atoms with Crippen molar-refractivity contribution < 1.29 is 13.2 Å². The number of nitrogens with one attached hydrogen (secondary N) is 1. The molecule has 144 valence electrons. The number of piperazine rings is 1. The number of sulfonamides is 1. The largest absolute Gasteiger partial charge is 0.367 e. The van der Waals surface area contributed by atoms with Gasteiger partial charge in [0.15, 0.2) is 0 Å². The van der Waals surface area contributed by atoms with E-state index >= 15 is 0 Å². The van der Waals surface area contributed by atoms with E-state index in [0.29, 0.717) is 31.2 Å². The van der Waals surface area contributed by atoms with E-state index in [1.54, 1.807) is 23.1 Å². The molecule has 1 aliphatic rings. The number of anilines is 1. The molecule has 0 atom stereocenters. The Morgan fingerprint density at radius 2 is 1.59 bits per heavy atom. The zero-order valence-corrected chi connectivity index (χ0v) is 16.4. The lowest BCUT2D eigenvalue weighted by Gasteiger charge is -2.36. The molecule has 0 unspecified atom stereocenters. The summed E-state index contributed by atoms with van der Waals surface area (Å²) in [5, 5.41) is 0.701. The summed E-state index contributed by atoms with van der Waals surface area (Å²) in [5.74, 6) is -0.0513. The Balaban J connectivity index is 1.47. The van der Waals surface area contributed by atoms with Gasteiger partial charge in [-0.3, -0.25) is 4.79 Å². The molecule has 0 bridgehead atoms. The van der Waals surface area contributed by atoms with Gasteiger partial charge in [-0.15, -0.1) is 0 Å². The number of carbonyl (C=O) groups excluding carboxylic acids is 1. The number of hydrogen-bond acceptors (Lipinski definition) is 4. The molecule has 0 aliphatic carbocycles. The third-order valence-corrected chi connectivity index (χ3v) is 6.31. The van der Waals surface area contributed by atoms with Crippen molar-refractivity contribution in [2.75, 3.05) is 37.6 Å². The van der Waals surface area contributed by atoms with E-state index in [2.05, 4.69) is 9.62 Å². The van der Waals surface area contributed by atoms with Crippen LogP contribution in [0.4, 0.5) is 5.69 Å². The Kier molecular flexibility index (Phi) is 6.36. The molecule has 2 aromatic carbocycles. The summed E-state index contributed by atoms with van der Waals surface area (Å²) >= 11 is 6.23. The molecule has 0 spiro atoms. The van der Waals surface area contributed by atoms with E-state index in [1.807, 2.05) is 24.3 Å². The number of rotatable bonds is 6. The monoisotopic (exact) mass is 407 g/mol. The lowest BCUT2D eigenvalue weighted by molar-refractivity contribution is -0.131. The van der Waals surface area contributed by atoms with E-state index in [9.17, 15) is 13.2 Å². The highest BCUT2D eigenvalue weighted by Crippen LogP contribution is 2.26. The van der Waals surface area contributed by atoms with Crippen molar-refractivity contribution in [3.05, 3.63) is 59.6 Å². The Bertz CT molecular complexity index is 882. The third kappa shape index (κ3) is 5.00. The van der Waals surface area contributed by atoms with Gasteiger partial charge in [0.2, 0.25) is 15.9 Å². The van der Waals surface area contributed by atoms with Crippen LogP contribution >= 0.6 is 11.6 Å². The van der Waals surface area contributed by atoms with Crippen LogP contribution in [-0.4, -0.2) is 51.9 Å². The molecule has 1 fully saturated rings. The van der Waals surface area contributed by atoms with Gasteiger partial charge in [-0.25, -0.2) is 13.1 Å². The first-order valence-corrected chi connectivity index (χ1v) is 10.7. The maximum atomic E-state index is 12.4. The minimum Gasteiger partial charge on any atom is -0.367 e. The fraction of sp³-hybridized carbons (Fsp3) is 0.316. The number of nitrogens with zero attached hydrogens (tertiary/aromatic N) is 2. The zero-order chi connectivity index (χ0) is 19.3. The van der Waals surface area contributed by atoms with Gasteiger partial charge in [-0.2, -0.15) is 0 Å². The summed E-state index contributed by atoms with van der Waals surface area (Å²) in [7, 11) is -3.58. The summed E-state index contributed by atoms with van der Waals surface area (Å²) in [4.78, 5) is 16.5. The summed E-state index contributed by atoms with van der Waals surface area (Å²) in [5.41, 5.74) is 0.974. The number of para-hydroxylation sites is 1. The molecule has 1 amide bonds. The Labute approximate surface area is 164 Å². The second-order valence-corrected chi connectivity index (χ2v) is 8.45. The predicted molar refractivity (Wildman–Crippen MR) is 106 cm³/mol. The highest BCUT2D eigenvalue weighted by atomic mass is 35.5. The molecule has 27 heavy (non-hydrogen) atoms. The van der Waals surface area contributed by atoms with Crippen molar-refractivity contribution in [3.8, 4) is 0 Å². The molecule has 1 aliphatic heterocycles. The molecule has 8 heteroatoms. The van der Waals surface area contributed by atoms with E-state index < -0.39 is 10.0 Å². The number of amides is 1. The highest BCUT2D eigenvalue weighted by molar-refractivity contribution is 7.89. The topological polar surface area (TPSA) is 69.7 Å². The maximum absolute atomic E-state index is 12.4. The summed E-state index contributed by atoms with van der Waals surface area (Å²) in [6, 6.07) is 15.8. The molecule has 2 aromatic rings. The van der Waals surface area contributed by atoms with Gasteiger partial charge in [-0.1, -0.05) is 41.9 Å². The Morgan fingerprint density at radius 1 is 0.963 bits per heavy atom. The smallest absolute Gasteiger partial charge is 0.240 e. The Morgan fingerprint density at radius 3 is 2.26 bits per heavy atom. The van der Waals surface area contributed by atoms with Gasteiger partial charge in [0.25, 0.3) is 0 Å². The van der Waals surface area contributed by atoms with Crippen molar-refractivity contribution in [3.63, 3.8) is 0 Å². The highest BCUT2D eigenvalue weighted by Gasteiger charge is 2.22. The summed E-state index contributed by atoms with van der Waals surface area (Å²) in [6.45, 7) is 2.67. The lowest BCUT2D eigenvalue weighted by Crippen LogP contribution is -2.49. The van der Waals surface area contributed by atoms with Crippen LogP contribution in [0.5, 0.6) is 0 Å². The van der Waals surface area contributed by atoms with E-state index in [0.717, 1.165) is 5.69 Å². The molecule has 0 saturated carbocycles. The van der Waals surface area contributed by atoms with Gasteiger partial charge in [0.05, 0.1) is 15.6 Å². The first-order valence-electron chi connectivity index (χ1n) is 8.79. The van der Waals surface area contributed by atoms with Crippen molar-refractivity contribution >= 4 is 33.2 Å². The minimum atomic E-state index is -3.58. The number of benzene rings is 2. The maximum Gasteiger partial charge on any atom is 0.240 e. The predicted octanol–water partition coefficient (Wildman–Crippen LogP) is 2.36. The minimum absolute atomic E-state index is 0.0513. The first-order chi connectivity index (χ1) is 13.0. The second-order valence-electron chi connectivity index (χ2n) is 6.28. The standard InChI is InChI=1S/C19H22ClN3O3S/c20-17-8-4-5-9-18(17)22-12-14-23(15-13-22)19(24)10-11-21-27(25,26)16-6-2-1-3-7-16/h1-9,21H,10-15H2. The quantitative estimate of drug-likeness (QED) is 0.798. The molecule has 1 saturated heterocycles. The van der Waals surface area contributed by atoms with Crippen LogP contribution in [0.15, 0.2) is 59.5 Å². The van der Waals surface area contributed by atoms with E-state index in [1.165, 1.54) is 12.1 Å². The van der Waals surface area contributed by atoms with Crippen molar-refractivity contribution in [2.45, 2.75) is 11.3 Å². The zero-order valence-electron chi connectivity index (χ0n) is 14.8. The summed E-state index contributed by atoms with van der Waals surface area (Å²) in [6.07, 6.45) is 0.137. The SMILES string of the molecule is O=C(CCNS(=O)(=O)c1ccccc1)N1CCN(c2ccccc2Cl)CC1. The van der Waals surface area contributed by atoms with Gasteiger partial charge in [0, 0.05) is 39.1 Å². The fourth-order valence-corrected chi connectivity index (χ4v) is 4.35. The normalized spacial score (nSPS) is 15.0. The lowest BCUT2D eigenvalue weighted by atomic mass is 10.2. The molecular formula is C19H22ClN3O3S. The fourth-order valence-electron chi connectivity index (χ4n) is 3.04.